The van der Waals surface area contributed by atoms with Crippen molar-refractivity contribution in [2.75, 3.05) is 18.8 Å². The van der Waals surface area contributed by atoms with Crippen LogP contribution in [0.1, 0.15) is 38.3 Å². The van der Waals surface area contributed by atoms with Gasteiger partial charge in [-0.2, -0.15) is 5.26 Å². The summed E-state index contributed by atoms with van der Waals surface area (Å²) < 4.78 is 7.12. The van der Waals surface area contributed by atoms with Crippen LogP contribution in [0.5, 0.6) is 0 Å². The lowest BCUT2D eigenvalue weighted by Crippen LogP contribution is -2.40. The molecule has 0 unspecified atom stereocenters. The molecule has 0 aromatic carbocycles. The van der Waals surface area contributed by atoms with Gasteiger partial charge < -0.3 is 19.9 Å². The number of hydrogen-bond donors (Lipinski definition) is 1. The zero-order valence-electron chi connectivity index (χ0n) is 11.9. The number of rotatable bonds is 2. The molecule has 2 N–H and O–H groups in total. The first-order valence-corrected chi connectivity index (χ1v) is 6.85. The third-order valence-corrected chi connectivity index (χ3v) is 3.53. The van der Waals surface area contributed by atoms with Crippen molar-refractivity contribution in [2.45, 2.75) is 38.8 Å². The molecule has 1 amide bonds. The van der Waals surface area contributed by atoms with Crippen LogP contribution in [0, 0.1) is 11.3 Å². The Labute approximate surface area is 118 Å². The quantitative estimate of drug-likeness (QED) is 0.896. The Bertz CT molecular complexity index is 522. The predicted molar refractivity (Wildman–Crippen MR) is 75.0 cm³/mol. The van der Waals surface area contributed by atoms with Crippen LogP contribution >= 0.6 is 0 Å². The number of nitriles is 1. The largest absolute Gasteiger partial charge is 0.447 e. The van der Waals surface area contributed by atoms with E-state index in [1.807, 2.05) is 24.6 Å². The summed E-state index contributed by atoms with van der Waals surface area (Å²) in [4.78, 5) is 13.5. The first kappa shape index (κ1) is 14.3. The van der Waals surface area contributed by atoms with E-state index in [0.29, 0.717) is 24.5 Å². The number of carbonyl (C=O) groups is 1. The maximum absolute atomic E-state index is 11.8. The van der Waals surface area contributed by atoms with Gasteiger partial charge in [-0.1, -0.05) is 0 Å². The second-order valence-electron chi connectivity index (χ2n) is 5.28. The molecular weight excluding hydrogens is 256 g/mol. The SMILES string of the molecule is CC(C)OC(=O)N1CCC(n2ccc(C#N)c2N)CC1. The highest BCUT2D eigenvalue weighted by Crippen LogP contribution is 2.27. The van der Waals surface area contributed by atoms with E-state index >= 15 is 0 Å². The number of nitrogens with zero attached hydrogens (tertiary/aromatic N) is 3. The summed E-state index contributed by atoms with van der Waals surface area (Å²) in [7, 11) is 0. The highest BCUT2D eigenvalue weighted by atomic mass is 16.6. The third-order valence-electron chi connectivity index (χ3n) is 3.53. The van der Waals surface area contributed by atoms with Crippen molar-refractivity contribution in [2.24, 2.45) is 0 Å². The molecule has 2 heterocycles. The number of carbonyl (C=O) groups excluding carboxylic acids is 1. The van der Waals surface area contributed by atoms with Crippen molar-refractivity contribution >= 4 is 11.9 Å². The number of ether oxygens (including phenoxy) is 1. The number of amides is 1. The Morgan fingerprint density at radius 2 is 2.15 bits per heavy atom. The molecule has 1 saturated heterocycles. The maximum Gasteiger partial charge on any atom is 0.410 e. The van der Waals surface area contributed by atoms with E-state index in [0.717, 1.165) is 12.8 Å². The average Bonchev–Trinajstić information content (AvgIpc) is 2.79. The molecule has 108 valence electrons. The number of piperidine rings is 1. The number of aromatic nitrogens is 1. The highest BCUT2D eigenvalue weighted by Gasteiger charge is 2.26. The number of anilines is 1. The lowest BCUT2D eigenvalue weighted by Gasteiger charge is -2.33. The van der Waals surface area contributed by atoms with Crippen molar-refractivity contribution in [3.8, 4) is 6.07 Å². The zero-order chi connectivity index (χ0) is 14.7. The van der Waals surface area contributed by atoms with Crippen molar-refractivity contribution in [1.29, 1.82) is 5.26 Å². The van der Waals surface area contributed by atoms with Gasteiger partial charge >= 0.3 is 6.09 Å². The monoisotopic (exact) mass is 276 g/mol. The molecular formula is C14H20N4O2. The molecule has 6 heteroatoms. The standard InChI is InChI=1S/C14H20N4O2/c1-10(2)20-14(19)17-6-4-12(5-7-17)18-8-3-11(9-15)13(18)16/h3,8,10,12H,4-7,16H2,1-2H3. The number of nitrogen functional groups attached to an aromatic ring is 1. The lowest BCUT2D eigenvalue weighted by atomic mass is 10.1. The first-order valence-electron chi connectivity index (χ1n) is 6.85. The van der Waals surface area contributed by atoms with Gasteiger partial charge in [-0.25, -0.2) is 4.79 Å². The van der Waals surface area contributed by atoms with Crippen LogP contribution in [0.3, 0.4) is 0 Å². The number of likely N-dealkylation sites (tertiary alicyclic amines) is 1. The molecule has 0 radical (unpaired) electrons. The molecule has 1 aromatic heterocycles. The van der Waals surface area contributed by atoms with E-state index in [9.17, 15) is 4.79 Å². The van der Waals surface area contributed by atoms with Crippen LogP contribution in [-0.2, 0) is 4.74 Å². The summed E-state index contributed by atoms with van der Waals surface area (Å²) in [5.74, 6) is 0.510. The van der Waals surface area contributed by atoms with Gasteiger partial charge in [0.1, 0.15) is 11.9 Å². The zero-order valence-corrected chi connectivity index (χ0v) is 11.9. The minimum atomic E-state index is -0.253. The van der Waals surface area contributed by atoms with E-state index in [-0.39, 0.29) is 18.2 Å². The predicted octanol–water partition coefficient (Wildman–Crippen LogP) is 2.12. The van der Waals surface area contributed by atoms with Crippen LogP contribution in [0.4, 0.5) is 10.6 Å². The van der Waals surface area contributed by atoms with Crippen LogP contribution < -0.4 is 5.73 Å². The van der Waals surface area contributed by atoms with Crippen molar-refractivity contribution in [3.05, 3.63) is 17.8 Å². The Kier molecular flexibility index (Phi) is 4.18. The van der Waals surface area contributed by atoms with E-state index in [2.05, 4.69) is 6.07 Å². The fraction of sp³-hybridized carbons (Fsp3) is 0.571. The van der Waals surface area contributed by atoms with Gasteiger partial charge in [-0.05, 0) is 32.8 Å². The normalized spacial score (nSPS) is 16.2. The first-order chi connectivity index (χ1) is 9.52. The van der Waals surface area contributed by atoms with Gasteiger partial charge in [-0.3, -0.25) is 0 Å². The summed E-state index contributed by atoms with van der Waals surface area (Å²) in [5.41, 5.74) is 6.45. The second kappa shape index (κ2) is 5.87. The Morgan fingerprint density at radius 1 is 1.50 bits per heavy atom. The lowest BCUT2D eigenvalue weighted by molar-refractivity contribution is 0.0662. The Hall–Kier alpha value is -2.16. The highest BCUT2D eigenvalue weighted by molar-refractivity contribution is 5.67. The fourth-order valence-corrected chi connectivity index (χ4v) is 2.48. The molecule has 2 rings (SSSR count). The van der Waals surface area contributed by atoms with E-state index in [4.69, 9.17) is 15.7 Å². The Balaban J connectivity index is 1.96. The number of hydrogen-bond acceptors (Lipinski definition) is 4. The van der Waals surface area contributed by atoms with Crippen molar-refractivity contribution in [1.82, 2.24) is 9.47 Å². The van der Waals surface area contributed by atoms with Gasteiger partial charge in [0.2, 0.25) is 0 Å². The molecule has 1 fully saturated rings. The van der Waals surface area contributed by atoms with Crippen LogP contribution in [0.25, 0.3) is 0 Å². The van der Waals surface area contributed by atoms with Gasteiger partial charge in [-0.15, -0.1) is 0 Å². The minimum absolute atomic E-state index is 0.0986. The van der Waals surface area contributed by atoms with E-state index in [1.54, 1.807) is 11.0 Å². The molecule has 1 aliphatic heterocycles. The Morgan fingerprint density at radius 3 is 2.65 bits per heavy atom. The summed E-state index contributed by atoms with van der Waals surface area (Å²) >= 11 is 0. The van der Waals surface area contributed by atoms with Crippen molar-refractivity contribution in [3.63, 3.8) is 0 Å². The van der Waals surface area contributed by atoms with Crippen molar-refractivity contribution < 1.29 is 9.53 Å². The maximum atomic E-state index is 11.8. The molecule has 0 saturated carbocycles. The van der Waals surface area contributed by atoms with E-state index < -0.39 is 0 Å². The van der Waals surface area contributed by atoms with Gasteiger partial charge in [0.25, 0.3) is 0 Å². The minimum Gasteiger partial charge on any atom is -0.447 e. The average molecular weight is 276 g/mol. The molecule has 0 aliphatic carbocycles. The molecule has 0 bridgehead atoms. The van der Waals surface area contributed by atoms with Crippen LogP contribution in [0.15, 0.2) is 12.3 Å². The topological polar surface area (TPSA) is 84.3 Å². The van der Waals surface area contributed by atoms with Crippen LogP contribution in [0.2, 0.25) is 0 Å². The summed E-state index contributed by atoms with van der Waals surface area (Å²) in [5, 5.41) is 8.92. The summed E-state index contributed by atoms with van der Waals surface area (Å²) in [6, 6.07) is 4.04. The van der Waals surface area contributed by atoms with Gasteiger partial charge in [0.05, 0.1) is 11.7 Å². The summed E-state index contributed by atoms with van der Waals surface area (Å²) in [6.45, 7) is 4.98. The molecule has 6 nitrogen and oxygen atoms in total. The molecule has 0 atom stereocenters. The van der Waals surface area contributed by atoms with Gasteiger partial charge in [0.15, 0.2) is 0 Å². The second-order valence-corrected chi connectivity index (χ2v) is 5.28. The van der Waals surface area contributed by atoms with E-state index in [1.165, 1.54) is 0 Å². The molecule has 1 aliphatic rings. The molecule has 20 heavy (non-hydrogen) atoms. The summed E-state index contributed by atoms with van der Waals surface area (Å²) in [6.07, 6.45) is 3.13. The third kappa shape index (κ3) is 2.87. The molecule has 1 aromatic rings. The number of nitrogens with two attached hydrogens (primary N) is 1. The smallest absolute Gasteiger partial charge is 0.410 e. The van der Waals surface area contributed by atoms with Crippen LogP contribution in [-0.4, -0.2) is 34.8 Å². The fourth-order valence-electron chi connectivity index (χ4n) is 2.48. The molecule has 0 spiro atoms. The van der Waals surface area contributed by atoms with Gasteiger partial charge in [0, 0.05) is 25.3 Å².